The maximum Gasteiger partial charge on any atom is 0.0422 e. The molecule has 1 atom stereocenters. The average Bonchev–Trinajstić information content (AvgIpc) is 2.40. The molecule has 1 aliphatic carbocycles. The van der Waals surface area contributed by atoms with Crippen molar-refractivity contribution in [1.82, 2.24) is 10.3 Å². The minimum atomic E-state index is 0.482. The minimum absolute atomic E-state index is 0.482. The van der Waals surface area contributed by atoms with Crippen LogP contribution in [0.3, 0.4) is 0 Å². The van der Waals surface area contributed by atoms with E-state index in [0.717, 1.165) is 13.0 Å². The van der Waals surface area contributed by atoms with Gasteiger partial charge in [-0.15, -0.1) is 0 Å². The lowest BCUT2D eigenvalue weighted by molar-refractivity contribution is 0.537. The van der Waals surface area contributed by atoms with Crippen LogP contribution in [-0.4, -0.2) is 17.6 Å². The molecule has 17 heavy (non-hydrogen) atoms. The molecule has 1 aromatic rings. The summed E-state index contributed by atoms with van der Waals surface area (Å²) < 4.78 is 0. The Morgan fingerprint density at radius 1 is 1.35 bits per heavy atom. The van der Waals surface area contributed by atoms with Gasteiger partial charge in [0.15, 0.2) is 0 Å². The van der Waals surface area contributed by atoms with Crippen LogP contribution >= 0.6 is 0 Å². The molecule has 92 valence electrons. The van der Waals surface area contributed by atoms with Crippen molar-refractivity contribution in [1.29, 1.82) is 0 Å². The molecule has 1 unspecified atom stereocenters. The molecule has 0 saturated carbocycles. The second-order valence-electron chi connectivity index (χ2n) is 4.66. The van der Waals surface area contributed by atoms with Crippen LogP contribution in [0.5, 0.6) is 0 Å². The first-order valence-corrected chi connectivity index (χ1v) is 6.72. The highest BCUT2D eigenvalue weighted by atomic mass is 14.9. The van der Waals surface area contributed by atoms with Gasteiger partial charge in [0.05, 0.1) is 0 Å². The monoisotopic (exact) mass is 230 g/mol. The normalized spacial score (nSPS) is 17.6. The van der Waals surface area contributed by atoms with Gasteiger partial charge >= 0.3 is 0 Å². The van der Waals surface area contributed by atoms with Crippen LogP contribution in [0.25, 0.3) is 0 Å². The number of nitrogens with zero attached hydrogens (tertiary/aromatic N) is 1. The van der Waals surface area contributed by atoms with Gasteiger partial charge in [-0.2, -0.15) is 0 Å². The third-order valence-electron chi connectivity index (χ3n) is 3.36. The van der Waals surface area contributed by atoms with Crippen LogP contribution in [0.15, 0.2) is 36.0 Å². The Balaban J connectivity index is 2.04. The Morgan fingerprint density at radius 2 is 2.29 bits per heavy atom. The zero-order valence-electron chi connectivity index (χ0n) is 10.7. The van der Waals surface area contributed by atoms with E-state index in [4.69, 9.17) is 0 Å². The first kappa shape index (κ1) is 12.3. The molecular formula is C15H22N2. The van der Waals surface area contributed by atoms with E-state index < -0.39 is 0 Å². The molecule has 0 spiro atoms. The Labute approximate surface area is 104 Å². The Bertz CT molecular complexity index is 356. The highest BCUT2D eigenvalue weighted by molar-refractivity contribution is 5.17. The molecule has 0 fully saturated rings. The van der Waals surface area contributed by atoms with Crippen molar-refractivity contribution in [3.8, 4) is 0 Å². The quantitative estimate of drug-likeness (QED) is 0.786. The summed E-state index contributed by atoms with van der Waals surface area (Å²) in [6.07, 6.45) is 10.5. The maximum atomic E-state index is 4.43. The van der Waals surface area contributed by atoms with Crippen LogP contribution < -0.4 is 5.32 Å². The molecule has 1 N–H and O–H groups in total. The molecule has 0 saturated heterocycles. The van der Waals surface area contributed by atoms with Crippen molar-refractivity contribution in [3.63, 3.8) is 0 Å². The van der Waals surface area contributed by atoms with Crippen LogP contribution in [-0.2, 0) is 6.42 Å². The van der Waals surface area contributed by atoms with E-state index in [1.807, 2.05) is 12.3 Å². The first-order valence-electron chi connectivity index (χ1n) is 6.72. The number of hydrogen-bond donors (Lipinski definition) is 1. The third-order valence-corrected chi connectivity index (χ3v) is 3.36. The second kappa shape index (κ2) is 6.55. The van der Waals surface area contributed by atoms with Crippen LogP contribution in [0.2, 0.25) is 0 Å². The SMILES string of the molecule is CCNC(Cc1ccccn1)C1=CCCCC1. The second-order valence-corrected chi connectivity index (χ2v) is 4.66. The number of likely N-dealkylation sites (N-methyl/N-ethyl adjacent to an activating group) is 1. The van der Waals surface area contributed by atoms with Crippen molar-refractivity contribution >= 4 is 0 Å². The number of rotatable bonds is 5. The molecule has 2 rings (SSSR count). The number of pyridine rings is 1. The van der Waals surface area contributed by atoms with E-state index in [9.17, 15) is 0 Å². The lowest BCUT2D eigenvalue weighted by Crippen LogP contribution is -2.33. The fourth-order valence-electron chi connectivity index (χ4n) is 2.49. The zero-order valence-corrected chi connectivity index (χ0v) is 10.7. The van der Waals surface area contributed by atoms with Gasteiger partial charge in [0.1, 0.15) is 0 Å². The Hall–Kier alpha value is -1.15. The molecule has 1 aliphatic rings. The predicted molar refractivity (Wildman–Crippen MR) is 72.0 cm³/mol. The van der Waals surface area contributed by atoms with Gasteiger partial charge in [-0.25, -0.2) is 0 Å². The van der Waals surface area contributed by atoms with Crippen molar-refractivity contribution in [3.05, 3.63) is 41.7 Å². The molecule has 1 aromatic heterocycles. The lowest BCUT2D eigenvalue weighted by Gasteiger charge is -2.23. The summed E-state index contributed by atoms with van der Waals surface area (Å²) in [5.41, 5.74) is 2.77. The molecule has 0 aromatic carbocycles. The van der Waals surface area contributed by atoms with Gasteiger partial charge in [0.25, 0.3) is 0 Å². The molecular weight excluding hydrogens is 208 g/mol. The molecule has 1 heterocycles. The lowest BCUT2D eigenvalue weighted by atomic mass is 9.91. The summed E-state index contributed by atoms with van der Waals surface area (Å²) in [6, 6.07) is 6.65. The van der Waals surface area contributed by atoms with E-state index in [0.29, 0.717) is 6.04 Å². The highest BCUT2D eigenvalue weighted by Gasteiger charge is 2.16. The van der Waals surface area contributed by atoms with Crippen molar-refractivity contribution in [2.75, 3.05) is 6.54 Å². The summed E-state index contributed by atoms with van der Waals surface area (Å²) >= 11 is 0. The molecule has 0 amide bonds. The number of aromatic nitrogens is 1. The van der Waals surface area contributed by atoms with Crippen molar-refractivity contribution in [2.45, 2.75) is 45.1 Å². The summed E-state index contributed by atoms with van der Waals surface area (Å²) in [7, 11) is 0. The van der Waals surface area contributed by atoms with Crippen LogP contribution in [0, 0.1) is 0 Å². The topological polar surface area (TPSA) is 24.9 Å². The molecule has 0 bridgehead atoms. The highest BCUT2D eigenvalue weighted by Crippen LogP contribution is 2.22. The third kappa shape index (κ3) is 3.67. The smallest absolute Gasteiger partial charge is 0.0422 e. The van der Waals surface area contributed by atoms with Crippen molar-refractivity contribution in [2.24, 2.45) is 0 Å². The number of nitrogens with one attached hydrogen (secondary N) is 1. The van der Waals surface area contributed by atoms with E-state index in [2.05, 4.69) is 35.4 Å². The van der Waals surface area contributed by atoms with Gasteiger partial charge in [-0.3, -0.25) is 4.98 Å². The Morgan fingerprint density at radius 3 is 2.94 bits per heavy atom. The molecule has 2 nitrogen and oxygen atoms in total. The standard InChI is InChI=1S/C15H22N2/c1-2-16-15(13-8-4-3-5-9-13)12-14-10-6-7-11-17-14/h6-8,10-11,15-16H,2-5,9,12H2,1H3. The van der Waals surface area contributed by atoms with E-state index >= 15 is 0 Å². The van der Waals surface area contributed by atoms with Crippen LogP contribution in [0.4, 0.5) is 0 Å². The van der Waals surface area contributed by atoms with E-state index in [-0.39, 0.29) is 0 Å². The summed E-state index contributed by atoms with van der Waals surface area (Å²) in [5.74, 6) is 0. The van der Waals surface area contributed by atoms with Crippen molar-refractivity contribution < 1.29 is 0 Å². The predicted octanol–water partition coefficient (Wildman–Crippen LogP) is 3.10. The largest absolute Gasteiger partial charge is 0.310 e. The van der Waals surface area contributed by atoms with Gasteiger partial charge in [-0.05, 0) is 44.4 Å². The van der Waals surface area contributed by atoms with Crippen LogP contribution in [0.1, 0.15) is 38.3 Å². The summed E-state index contributed by atoms with van der Waals surface area (Å²) in [5, 5.41) is 3.59. The fraction of sp³-hybridized carbons (Fsp3) is 0.533. The molecule has 2 heteroatoms. The fourth-order valence-corrected chi connectivity index (χ4v) is 2.49. The van der Waals surface area contributed by atoms with Gasteiger partial charge < -0.3 is 5.32 Å². The summed E-state index contributed by atoms with van der Waals surface area (Å²) in [6.45, 7) is 3.20. The number of hydrogen-bond acceptors (Lipinski definition) is 2. The van der Waals surface area contributed by atoms with Gasteiger partial charge in [0.2, 0.25) is 0 Å². The minimum Gasteiger partial charge on any atom is -0.310 e. The zero-order chi connectivity index (χ0) is 11.9. The van der Waals surface area contributed by atoms with E-state index in [1.54, 1.807) is 5.57 Å². The maximum absolute atomic E-state index is 4.43. The first-order chi connectivity index (χ1) is 8.40. The number of allylic oxidation sites excluding steroid dienone is 1. The van der Waals surface area contributed by atoms with Gasteiger partial charge in [0, 0.05) is 24.4 Å². The molecule has 0 aliphatic heterocycles. The summed E-state index contributed by atoms with van der Waals surface area (Å²) in [4.78, 5) is 4.43. The van der Waals surface area contributed by atoms with E-state index in [1.165, 1.54) is 31.4 Å². The molecule has 0 radical (unpaired) electrons. The van der Waals surface area contributed by atoms with Gasteiger partial charge in [-0.1, -0.05) is 24.6 Å². The average molecular weight is 230 g/mol. The Kier molecular flexibility index (Phi) is 4.75.